The molecule has 3 amide bonds. The van der Waals surface area contributed by atoms with E-state index in [1.807, 2.05) is 0 Å². The van der Waals surface area contributed by atoms with Gasteiger partial charge in [0, 0.05) is 6.04 Å². The summed E-state index contributed by atoms with van der Waals surface area (Å²) in [6, 6.07) is -0.197. The second kappa shape index (κ2) is 5.38. The molecule has 2 rings (SSSR count). The third-order valence-corrected chi connectivity index (χ3v) is 3.34. The Kier molecular flexibility index (Phi) is 3.85. The maximum absolute atomic E-state index is 11.7. The number of carbonyl (C=O) groups is 2. The number of nitrogens with one attached hydrogen (secondary N) is 3. The SMILES string of the molecule is Cc1nc(SC(C)C(=O)NC(=O)NC2CC2)n[nH]1. The Hall–Kier alpha value is -1.57. The molecule has 18 heavy (non-hydrogen) atoms. The Morgan fingerprint density at radius 1 is 1.50 bits per heavy atom. The van der Waals surface area contributed by atoms with Gasteiger partial charge >= 0.3 is 6.03 Å². The van der Waals surface area contributed by atoms with Gasteiger partial charge in [0.25, 0.3) is 0 Å². The van der Waals surface area contributed by atoms with Gasteiger partial charge in [0.05, 0.1) is 5.25 Å². The summed E-state index contributed by atoms with van der Waals surface area (Å²) < 4.78 is 0. The van der Waals surface area contributed by atoms with Crippen molar-refractivity contribution >= 4 is 23.7 Å². The number of thioether (sulfide) groups is 1. The highest BCUT2D eigenvalue weighted by Gasteiger charge is 2.25. The summed E-state index contributed by atoms with van der Waals surface area (Å²) in [5.74, 6) is 0.345. The number of aryl methyl sites for hydroxylation is 1. The van der Waals surface area contributed by atoms with Crippen LogP contribution < -0.4 is 10.6 Å². The summed E-state index contributed by atoms with van der Waals surface area (Å²) in [5, 5.41) is 11.7. The van der Waals surface area contributed by atoms with Crippen LogP contribution in [0.3, 0.4) is 0 Å². The van der Waals surface area contributed by atoms with Gasteiger partial charge < -0.3 is 5.32 Å². The Morgan fingerprint density at radius 3 is 2.78 bits per heavy atom. The van der Waals surface area contributed by atoms with E-state index >= 15 is 0 Å². The van der Waals surface area contributed by atoms with Gasteiger partial charge in [0.2, 0.25) is 11.1 Å². The number of H-pyrrole nitrogens is 1. The van der Waals surface area contributed by atoms with Gasteiger partial charge in [0.15, 0.2) is 0 Å². The zero-order valence-corrected chi connectivity index (χ0v) is 11.0. The second-order valence-electron chi connectivity index (χ2n) is 4.20. The van der Waals surface area contributed by atoms with E-state index in [1.54, 1.807) is 13.8 Å². The first-order valence-corrected chi connectivity index (χ1v) is 6.59. The fourth-order valence-electron chi connectivity index (χ4n) is 1.25. The van der Waals surface area contributed by atoms with Gasteiger partial charge in [-0.2, -0.15) is 0 Å². The van der Waals surface area contributed by atoms with Crippen LogP contribution in [0.5, 0.6) is 0 Å². The molecular formula is C10H15N5O2S. The molecule has 0 spiro atoms. The minimum Gasteiger partial charge on any atom is -0.335 e. The van der Waals surface area contributed by atoms with E-state index in [0.29, 0.717) is 11.0 Å². The molecule has 1 aliphatic carbocycles. The Bertz CT molecular complexity index is 457. The summed E-state index contributed by atoms with van der Waals surface area (Å²) in [5.41, 5.74) is 0. The number of nitrogens with zero attached hydrogens (tertiary/aromatic N) is 2. The van der Waals surface area contributed by atoms with Crippen molar-refractivity contribution in [2.75, 3.05) is 0 Å². The normalized spacial score (nSPS) is 16.1. The molecule has 1 heterocycles. The number of amides is 3. The average molecular weight is 269 g/mol. The van der Waals surface area contributed by atoms with Crippen LogP contribution in [-0.2, 0) is 4.79 Å². The van der Waals surface area contributed by atoms with Gasteiger partial charge in [0.1, 0.15) is 5.82 Å². The van der Waals surface area contributed by atoms with Crippen molar-refractivity contribution in [3.8, 4) is 0 Å². The highest BCUT2D eigenvalue weighted by atomic mass is 32.2. The Labute approximate surface area is 109 Å². The Morgan fingerprint density at radius 2 is 2.22 bits per heavy atom. The van der Waals surface area contributed by atoms with Crippen molar-refractivity contribution in [2.45, 2.75) is 43.1 Å². The lowest BCUT2D eigenvalue weighted by Crippen LogP contribution is -2.43. The predicted molar refractivity (Wildman–Crippen MR) is 66.1 cm³/mol. The molecule has 0 radical (unpaired) electrons. The van der Waals surface area contributed by atoms with Crippen LogP contribution in [0, 0.1) is 6.92 Å². The van der Waals surface area contributed by atoms with Crippen molar-refractivity contribution in [3.63, 3.8) is 0 Å². The molecule has 1 aromatic heterocycles. The number of rotatable bonds is 4. The van der Waals surface area contributed by atoms with Crippen molar-refractivity contribution in [3.05, 3.63) is 5.82 Å². The van der Waals surface area contributed by atoms with Crippen molar-refractivity contribution in [1.29, 1.82) is 0 Å². The third kappa shape index (κ3) is 3.73. The summed E-state index contributed by atoms with van der Waals surface area (Å²) >= 11 is 1.20. The Balaban J connectivity index is 1.78. The molecule has 0 aromatic carbocycles. The van der Waals surface area contributed by atoms with Crippen molar-refractivity contribution in [2.24, 2.45) is 0 Å². The number of hydrogen-bond acceptors (Lipinski definition) is 5. The van der Waals surface area contributed by atoms with Crippen LogP contribution >= 0.6 is 11.8 Å². The summed E-state index contributed by atoms with van der Waals surface area (Å²) in [6.07, 6.45) is 1.98. The van der Waals surface area contributed by atoms with E-state index in [0.717, 1.165) is 12.8 Å². The van der Waals surface area contributed by atoms with Crippen LogP contribution in [0.1, 0.15) is 25.6 Å². The standard InChI is InChI=1S/C10H15N5O2S/c1-5(18-10-11-6(2)14-15-10)8(16)13-9(17)12-7-3-4-7/h5,7H,3-4H2,1-2H3,(H,11,14,15)(H2,12,13,16,17). The third-order valence-electron chi connectivity index (χ3n) is 2.38. The summed E-state index contributed by atoms with van der Waals surface area (Å²) in [7, 11) is 0. The van der Waals surface area contributed by atoms with Gasteiger partial charge in [-0.05, 0) is 26.7 Å². The lowest BCUT2D eigenvalue weighted by Gasteiger charge is -2.09. The zero-order valence-electron chi connectivity index (χ0n) is 10.2. The second-order valence-corrected chi connectivity index (χ2v) is 5.51. The first-order chi connectivity index (χ1) is 8.54. The predicted octanol–water partition coefficient (Wildman–Crippen LogP) is 0.582. The molecular weight excluding hydrogens is 254 g/mol. The number of aromatic amines is 1. The molecule has 7 nitrogen and oxygen atoms in total. The topological polar surface area (TPSA) is 99.8 Å². The molecule has 0 saturated heterocycles. The smallest absolute Gasteiger partial charge is 0.321 e. The van der Waals surface area contributed by atoms with Crippen LogP contribution in [0.15, 0.2) is 5.16 Å². The van der Waals surface area contributed by atoms with Crippen molar-refractivity contribution < 1.29 is 9.59 Å². The number of urea groups is 1. The van der Waals surface area contributed by atoms with E-state index in [2.05, 4.69) is 25.8 Å². The van der Waals surface area contributed by atoms with Crippen LogP contribution in [0.4, 0.5) is 4.79 Å². The fraction of sp³-hybridized carbons (Fsp3) is 0.600. The van der Waals surface area contributed by atoms with E-state index < -0.39 is 11.3 Å². The molecule has 1 aliphatic rings. The number of aromatic nitrogens is 3. The largest absolute Gasteiger partial charge is 0.335 e. The molecule has 98 valence electrons. The molecule has 0 bridgehead atoms. The highest BCUT2D eigenvalue weighted by Crippen LogP contribution is 2.19. The molecule has 1 atom stereocenters. The zero-order chi connectivity index (χ0) is 13.1. The molecule has 1 aromatic rings. The molecule has 1 fully saturated rings. The molecule has 1 unspecified atom stereocenters. The van der Waals surface area contributed by atoms with Gasteiger partial charge in [-0.1, -0.05) is 11.8 Å². The fourth-order valence-corrected chi connectivity index (χ4v) is 2.02. The molecule has 1 saturated carbocycles. The minimum absolute atomic E-state index is 0.233. The van der Waals surface area contributed by atoms with Gasteiger partial charge in [-0.3, -0.25) is 15.2 Å². The maximum Gasteiger partial charge on any atom is 0.321 e. The average Bonchev–Trinajstić information content (AvgIpc) is 3.00. The van der Waals surface area contributed by atoms with E-state index in [9.17, 15) is 9.59 Å². The lowest BCUT2D eigenvalue weighted by atomic mass is 10.4. The monoisotopic (exact) mass is 269 g/mol. The van der Waals surface area contributed by atoms with Crippen LogP contribution in [0.2, 0.25) is 0 Å². The quantitative estimate of drug-likeness (QED) is 0.694. The molecule has 8 heteroatoms. The maximum atomic E-state index is 11.7. The van der Waals surface area contributed by atoms with Gasteiger partial charge in [-0.15, -0.1) is 5.10 Å². The highest BCUT2D eigenvalue weighted by molar-refractivity contribution is 8.00. The van der Waals surface area contributed by atoms with E-state index in [-0.39, 0.29) is 11.9 Å². The van der Waals surface area contributed by atoms with E-state index in [4.69, 9.17) is 0 Å². The molecule has 3 N–H and O–H groups in total. The first kappa shape index (κ1) is 12.9. The lowest BCUT2D eigenvalue weighted by molar-refractivity contribution is -0.119. The minimum atomic E-state index is -0.430. The number of imide groups is 1. The van der Waals surface area contributed by atoms with Crippen LogP contribution in [-0.4, -0.2) is 38.4 Å². The molecule has 0 aliphatic heterocycles. The first-order valence-electron chi connectivity index (χ1n) is 5.71. The van der Waals surface area contributed by atoms with Crippen LogP contribution in [0.25, 0.3) is 0 Å². The van der Waals surface area contributed by atoms with Gasteiger partial charge in [-0.25, -0.2) is 9.78 Å². The number of carbonyl (C=O) groups excluding carboxylic acids is 2. The van der Waals surface area contributed by atoms with Crippen molar-refractivity contribution in [1.82, 2.24) is 25.8 Å². The summed E-state index contributed by atoms with van der Waals surface area (Å²) in [6.45, 7) is 3.49. The summed E-state index contributed by atoms with van der Waals surface area (Å²) in [4.78, 5) is 27.2. The number of hydrogen-bond donors (Lipinski definition) is 3. The van der Waals surface area contributed by atoms with E-state index in [1.165, 1.54) is 11.8 Å².